The van der Waals surface area contributed by atoms with Gasteiger partial charge >= 0.3 is 0 Å². The van der Waals surface area contributed by atoms with Crippen molar-refractivity contribution in [3.8, 4) is 0 Å². The van der Waals surface area contributed by atoms with Crippen molar-refractivity contribution in [2.24, 2.45) is 0 Å². The van der Waals surface area contributed by atoms with Crippen molar-refractivity contribution in [3.05, 3.63) is 64.7 Å². The quantitative estimate of drug-likeness (QED) is 0.713. The summed E-state index contributed by atoms with van der Waals surface area (Å²) in [4.78, 5) is 25.1. The first-order valence-corrected chi connectivity index (χ1v) is 8.00. The first kappa shape index (κ1) is 14.4. The van der Waals surface area contributed by atoms with E-state index in [9.17, 15) is 18.0 Å². The smallest absolute Gasteiger partial charge is 0.283 e. The lowest BCUT2D eigenvalue weighted by Gasteiger charge is -2.20. The molecule has 0 saturated heterocycles. The highest BCUT2D eigenvalue weighted by atomic mass is 32.2. The molecule has 0 spiro atoms. The van der Waals surface area contributed by atoms with Crippen LogP contribution in [0.1, 0.15) is 31.8 Å². The molecule has 6 nitrogen and oxygen atoms in total. The lowest BCUT2D eigenvalue weighted by molar-refractivity contribution is 0.0979. The number of hydrogen-bond acceptors (Lipinski definition) is 5. The first-order chi connectivity index (χ1) is 10.4. The number of ketones is 2. The van der Waals surface area contributed by atoms with Gasteiger partial charge in [-0.3, -0.25) is 14.1 Å². The molecule has 0 atom stereocenters. The van der Waals surface area contributed by atoms with Crippen molar-refractivity contribution in [2.45, 2.75) is 0 Å². The highest BCUT2D eigenvalue weighted by Gasteiger charge is 2.31. The van der Waals surface area contributed by atoms with E-state index in [0.29, 0.717) is 5.56 Å². The lowest BCUT2D eigenvalue weighted by atomic mass is 9.83. The SMILES string of the molecule is O=C1c2ccccc2C(=O)c2c(NCS(=O)(=O)O)cccc21. The van der Waals surface area contributed by atoms with Crippen LogP contribution in [0.5, 0.6) is 0 Å². The Balaban J connectivity index is 2.13. The summed E-state index contributed by atoms with van der Waals surface area (Å²) in [6.07, 6.45) is 0. The van der Waals surface area contributed by atoms with E-state index >= 15 is 0 Å². The van der Waals surface area contributed by atoms with Crippen LogP contribution in [0.2, 0.25) is 0 Å². The minimum absolute atomic E-state index is 0.120. The van der Waals surface area contributed by atoms with E-state index in [0.717, 1.165) is 0 Å². The maximum absolute atomic E-state index is 12.6. The summed E-state index contributed by atoms with van der Waals surface area (Å²) in [5.41, 5.74) is 1.13. The van der Waals surface area contributed by atoms with Crippen LogP contribution >= 0.6 is 0 Å². The zero-order valence-corrected chi connectivity index (χ0v) is 12.1. The van der Waals surface area contributed by atoms with Crippen LogP contribution in [0.25, 0.3) is 0 Å². The van der Waals surface area contributed by atoms with Gasteiger partial charge in [-0.05, 0) is 6.07 Å². The molecule has 112 valence electrons. The van der Waals surface area contributed by atoms with Crippen LogP contribution in [0.3, 0.4) is 0 Å². The van der Waals surface area contributed by atoms with E-state index in [1.165, 1.54) is 12.1 Å². The maximum atomic E-state index is 12.6. The van der Waals surface area contributed by atoms with Gasteiger partial charge in [0.25, 0.3) is 10.1 Å². The molecule has 0 amide bonds. The van der Waals surface area contributed by atoms with Gasteiger partial charge in [0.05, 0.1) is 5.56 Å². The molecular formula is C15H11NO5S. The lowest BCUT2D eigenvalue weighted by Crippen LogP contribution is -2.23. The van der Waals surface area contributed by atoms with Gasteiger partial charge in [0.1, 0.15) is 5.88 Å². The number of nitrogens with one attached hydrogen (secondary N) is 1. The standard InChI is InChI=1S/C15H11NO5S/c17-14-9-4-1-2-5-10(9)15(18)13-11(14)6-3-7-12(13)16-8-22(19,20)21/h1-7,16H,8H2,(H,19,20,21). The molecule has 1 aliphatic carbocycles. The van der Waals surface area contributed by atoms with Gasteiger partial charge in [-0.1, -0.05) is 36.4 Å². The van der Waals surface area contributed by atoms with E-state index < -0.39 is 16.0 Å². The Labute approximate surface area is 126 Å². The molecule has 0 unspecified atom stereocenters. The molecule has 3 rings (SSSR count). The Morgan fingerprint density at radius 3 is 2.09 bits per heavy atom. The highest BCUT2D eigenvalue weighted by molar-refractivity contribution is 7.85. The van der Waals surface area contributed by atoms with Gasteiger partial charge in [0.2, 0.25) is 0 Å². The van der Waals surface area contributed by atoms with E-state index in [-0.39, 0.29) is 33.9 Å². The van der Waals surface area contributed by atoms with Crippen LogP contribution < -0.4 is 5.32 Å². The fourth-order valence-electron chi connectivity index (χ4n) is 2.46. The van der Waals surface area contributed by atoms with Crippen LogP contribution in [0, 0.1) is 0 Å². The van der Waals surface area contributed by atoms with Gasteiger partial charge in [0.15, 0.2) is 11.6 Å². The fourth-order valence-corrected chi connectivity index (χ4v) is 2.80. The van der Waals surface area contributed by atoms with E-state index in [1.54, 1.807) is 30.3 Å². The van der Waals surface area contributed by atoms with E-state index in [2.05, 4.69) is 5.32 Å². The van der Waals surface area contributed by atoms with Gasteiger partial charge in [-0.25, -0.2) is 0 Å². The van der Waals surface area contributed by atoms with Crippen molar-refractivity contribution in [2.75, 3.05) is 11.2 Å². The average Bonchev–Trinajstić information content (AvgIpc) is 2.49. The Morgan fingerprint density at radius 1 is 0.864 bits per heavy atom. The zero-order valence-electron chi connectivity index (χ0n) is 11.2. The summed E-state index contributed by atoms with van der Waals surface area (Å²) in [6, 6.07) is 11.0. The van der Waals surface area contributed by atoms with E-state index in [1.807, 2.05) is 0 Å². The third-order valence-electron chi connectivity index (χ3n) is 3.40. The molecule has 2 aromatic rings. The number of carbonyl (C=O) groups excluding carboxylic acids is 2. The van der Waals surface area contributed by atoms with Crippen LogP contribution in [0.4, 0.5) is 5.69 Å². The van der Waals surface area contributed by atoms with Gasteiger partial charge in [-0.2, -0.15) is 8.42 Å². The summed E-state index contributed by atoms with van der Waals surface area (Å²) in [7, 11) is -4.25. The molecule has 2 N–H and O–H groups in total. The molecular weight excluding hydrogens is 306 g/mol. The fraction of sp³-hybridized carbons (Fsp3) is 0.0667. The van der Waals surface area contributed by atoms with Crippen molar-refractivity contribution in [1.29, 1.82) is 0 Å². The Bertz CT molecular complexity index is 902. The molecule has 0 saturated carbocycles. The number of hydrogen-bond donors (Lipinski definition) is 2. The van der Waals surface area contributed by atoms with Gasteiger partial charge < -0.3 is 5.32 Å². The second-order valence-electron chi connectivity index (χ2n) is 4.83. The molecule has 0 fully saturated rings. The van der Waals surface area contributed by atoms with Gasteiger partial charge in [-0.15, -0.1) is 0 Å². The normalized spacial score (nSPS) is 13.5. The third kappa shape index (κ3) is 2.40. The summed E-state index contributed by atoms with van der Waals surface area (Å²) in [6.45, 7) is 0. The Morgan fingerprint density at radius 2 is 1.45 bits per heavy atom. The van der Waals surface area contributed by atoms with Crippen LogP contribution in [0.15, 0.2) is 42.5 Å². The molecule has 0 heterocycles. The highest BCUT2D eigenvalue weighted by Crippen LogP contribution is 2.31. The molecule has 2 aromatic carbocycles. The second kappa shape index (κ2) is 5.04. The zero-order chi connectivity index (χ0) is 15.9. The van der Waals surface area contributed by atoms with Crippen molar-refractivity contribution in [3.63, 3.8) is 0 Å². The summed E-state index contributed by atoms with van der Waals surface area (Å²) >= 11 is 0. The Kier molecular flexibility index (Phi) is 3.31. The summed E-state index contributed by atoms with van der Waals surface area (Å²) < 4.78 is 30.5. The van der Waals surface area contributed by atoms with Crippen molar-refractivity contribution >= 4 is 27.4 Å². The average molecular weight is 317 g/mol. The third-order valence-corrected chi connectivity index (χ3v) is 3.91. The molecule has 7 heteroatoms. The van der Waals surface area contributed by atoms with Crippen molar-refractivity contribution < 1.29 is 22.6 Å². The summed E-state index contributed by atoms with van der Waals surface area (Å²) in [5, 5.41) is 2.48. The molecule has 0 aliphatic heterocycles. The maximum Gasteiger partial charge on any atom is 0.283 e. The predicted octanol–water partition coefficient (Wildman–Crippen LogP) is 1.72. The van der Waals surface area contributed by atoms with Crippen molar-refractivity contribution in [1.82, 2.24) is 0 Å². The number of anilines is 1. The minimum atomic E-state index is -4.25. The number of carbonyl (C=O) groups is 2. The predicted molar refractivity (Wildman–Crippen MR) is 79.8 cm³/mol. The number of fused-ring (bicyclic) bond motifs is 2. The number of rotatable bonds is 3. The molecule has 0 bridgehead atoms. The van der Waals surface area contributed by atoms with Crippen LogP contribution in [-0.4, -0.2) is 30.4 Å². The molecule has 0 radical (unpaired) electrons. The minimum Gasteiger partial charge on any atom is -0.369 e. The molecule has 22 heavy (non-hydrogen) atoms. The summed E-state index contributed by atoms with van der Waals surface area (Å²) in [5.74, 6) is -1.39. The first-order valence-electron chi connectivity index (χ1n) is 6.39. The largest absolute Gasteiger partial charge is 0.369 e. The van der Waals surface area contributed by atoms with Crippen LogP contribution in [-0.2, 0) is 10.1 Å². The monoisotopic (exact) mass is 317 g/mol. The molecule has 1 aliphatic rings. The second-order valence-corrected chi connectivity index (χ2v) is 6.29. The van der Waals surface area contributed by atoms with Gasteiger partial charge in [0, 0.05) is 22.4 Å². The molecule has 0 aromatic heterocycles. The number of benzene rings is 2. The topological polar surface area (TPSA) is 101 Å². The Hall–Kier alpha value is -2.51. The van der Waals surface area contributed by atoms with E-state index in [4.69, 9.17) is 4.55 Å².